The topological polar surface area (TPSA) is 32.3 Å². The average Bonchev–Trinajstić information content (AvgIpc) is 2.91. The van der Waals surface area contributed by atoms with Gasteiger partial charge in [-0.3, -0.25) is 4.79 Å². The largest absolute Gasteiger partial charge is 0.338 e. The first-order chi connectivity index (χ1) is 7.34. The summed E-state index contributed by atoms with van der Waals surface area (Å²) in [7, 11) is 0. The van der Waals surface area contributed by atoms with Crippen LogP contribution in [0.4, 0.5) is 0 Å². The van der Waals surface area contributed by atoms with Crippen LogP contribution in [0.3, 0.4) is 0 Å². The van der Waals surface area contributed by atoms with Crippen LogP contribution >= 0.6 is 0 Å². The van der Waals surface area contributed by atoms with Gasteiger partial charge in [-0.2, -0.15) is 0 Å². The Hall–Kier alpha value is -0.830. The van der Waals surface area contributed by atoms with Crippen LogP contribution in [0.2, 0.25) is 0 Å². The number of hydrogen-bond acceptors (Lipinski definition) is 2. The zero-order chi connectivity index (χ0) is 10.3. The Morgan fingerprint density at radius 2 is 2.27 bits per heavy atom. The minimum Gasteiger partial charge on any atom is -0.338 e. The van der Waals surface area contributed by atoms with Gasteiger partial charge in [-0.15, -0.1) is 0 Å². The maximum Gasteiger partial charge on any atom is 0.227 e. The summed E-state index contributed by atoms with van der Waals surface area (Å²) in [5.74, 6) is 0.661. The second kappa shape index (κ2) is 3.63. The fourth-order valence-corrected chi connectivity index (χ4v) is 3.17. The second-order valence-corrected chi connectivity index (χ2v) is 4.93. The lowest BCUT2D eigenvalue weighted by atomic mass is 9.88. The highest BCUT2D eigenvalue weighted by atomic mass is 16.2. The summed E-state index contributed by atoms with van der Waals surface area (Å²) in [4.78, 5) is 14.3. The summed E-state index contributed by atoms with van der Waals surface area (Å²) >= 11 is 0. The van der Waals surface area contributed by atoms with Gasteiger partial charge in [-0.05, 0) is 25.7 Å². The second-order valence-electron chi connectivity index (χ2n) is 4.93. The van der Waals surface area contributed by atoms with Crippen LogP contribution in [0, 0.1) is 5.92 Å². The lowest BCUT2D eigenvalue weighted by Crippen LogP contribution is -2.42. The molecule has 3 rings (SSSR count). The first-order valence-corrected chi connectivity index (χ1v) is 6.04. The Morgan fingerprint density at radius 3 is 2.87 bits per heavy atom. The number of carbonyl (C=O) groups is 1. The summed E-state index contributed by atoms with van der Waals surface area (Å²) in [6.45, 7) is 1.75. The summed E-state index contributed by atoms with van der Waals surface area (Å²) in [5.41, 5.74) is 0. The molecule has 3 nitrogen and oxygen atoms in total. The lowest BCUT2D eigenvalue weighted by Gasteiger charge is -2.29. The minimum absolute atomic E-state index is 0.273. The maximum absolute atomic E-state index is 12.2. The van der Waals surface area contributed by atoms with Crippen molar-refractivity contribution < 1.29 is 4.79 Å². The van der Waals surface area contributed by atoms with E-state index in [9.17, 15) is 4.79 Å². The molecule has 3 aliphatic rings. The van der Waals surface area contributed by atoms with Crippen LogP contribution in [0.5, 0.6) is 0 Å². The smallest absolute Gasteiger partial charge is 0.227 e. The quantitative estimate of drug-likeness (QED) is 0.647. The molecule has 82 valence electrons. The SMILES string of the molecule is O=C(C1CC2CCC1N2)N1CC=CCC1. The predicted molar refractivity (Wildman–Crippen MR) is 58.4 cm³/mol. The standard InChI is InChI=1S/C12H18N2O/c15-12(14-6-2-1-3-7-14)10-8-9-4-5-11(10)13-9/h1-2,9-11,13H,3-8H2. The highest BCUT2D eigenvalue weighted by Crippen LogP contribution is 2.34. The van der Waals surface area contributed by atoms with E-state index >= 15 is 0 Å². The molecule has 2 saturated heterocycles. The monoisotopic (exact) mass is 206 g/mol. The molecule has 0 aromatic heterocycles. The molecule has 0 radical (unpaired) electrons. The predicted octanol–water partition coefficient (Wildman–Crippen LogP) is 0.915. The summed E-state index contributed by atoms with van der Waals surface area (Å²) in [5, 5.41) is 3.53. The number of hydrogen-bond donors (Lipinski definition) is 1. The third-order valence-electron chi connectivity index (χ3n) is 3.99. The van der Waals surface area contributed by atoms with Crippen molar-refractivity contribution >= 4 is 5.91 Å². The first kappa shape index (κ1) is 9.40. The van der Waals surface area contributed by atoms with Gasteiger partial charge in [0, 0.05) is 25.2 Å². The number of fused-ring (bicyclic) bond motifs is 2. The number of amides is 1. The van der Waals surface area contributed by atoms with Crippen molar-refractivity contribution in [2.24, 2.45) is 5.92 Å². The number of nitrogens with zero attached hydrogens (tertiary/aromatic N) is 1. The summed E-state index contributed by atoms with van der Waals surface area (Å²) < 4.78 is 0. The van der Waals surface area contributed by atoms with E-state index in [4.69, 9.17) is 0 Å². The number of nitrogens with one attached hydrogen (secondary N) is 1. The van der Waals surface area contributed by atoms with Gasteiger partial charge in [0.25, 0.3) is 0 Å². The molecule has 0 aromatic rings. The van der Waals surface area contributed by atoms with E-state index in [0.29, 0.717) is 18.0 Å². The third-order valence-corrected chi connectivity index (χ3v) is 3.99. The Labute approximate surface area is 90.5 Å². The summed E-state index contributed by atoms with van der Waals surface area (Å²) in [6.07, 6.45) is 8.85. The van der Waals surface area contributed by atoms with Crippen molar-refractivity contribution in [3.63, 3.8) is 0 Å². The highest BCUT2D eigenvalue weighted by molar-refractivity contribution is 5.80. The fourth-order valence-electron chi connectivity index (χ4n) is 3.17. The molecule has 0 saturated carbocycles. The van der Waals surface area contributed by atoms with Gasteiger partial charge in [0.05, 0.1) is 5.92 Å². The summed E-state index contributed by atoms with van der Waals surface area (Å²) in [6, 6.07) is 1.11. The molecule has 3 heterocycles. The molecule has 3 heteroatoms. The molecule has 2 bridgehead atoms. The average molecular weight is 206 g/mol. The third kappa shape index (κ3) is 1.59. The molecular formula is C12H18N2O. The van der Waals surface area contributed by atoms with Gasteiger partial charge in [0.15, 0.2) is 0 Å². The van der Waals surface area contributed by atoms with E-state index < -0.39 is 0 Å². The minimum atomic E-state index is 0.273. The first-order valence-electron chi connectivity index (χ1n) is 6.04. The molecule has 2 fully saturated rings. The van der Waals surface area contributed by atoms with Crippen LogP contribution in [-0.2, 0) is 4.79 Å². The van der Waals surface area contributed by atoms with Gasteiger partial charge in [0.2, 0.25) is 5.91 Å². The Bertz CT molecular complexity index is 300. The van der Waals surface area contributed by atoms with Crippen LogP contribution < -0.4 is 5.32 Å². The van der Waals surface area contributed by atoms with Gasteiger partial charge in [0.1, 0.15) is 0 Å². The van der Waals surface area contributed by atoms with Gasteiger partial charge in [-0.25, -0.2) is 0 Å². The Morgan fingerprint density at radius 1 is 1.33 bits per heavy atom. The van der Waals surface area contributed by atoms with Gasteiger partial charge >= 0.3 is 0 Å². The van der Waals surface area contributed by atoms with Crippen LogP contribution in [0.25, 0.3) is 0 Å². The van der Waals surface area contributed by atoms with Crippen molar-refractivity contribution in [1.82, 2.24) is 10.2 Å². The molecule has 3 atom stereocenters. The maximum atomic E-state index is 12.2. The van der Waals surface area contributed by atoms with Gasteiger partial charge in [-0.1, -0.05) is 12.2 Å². The molecule has 0 spiro atoms. The molecule has 1 amide bonds. The molecular weight excluding hydrogens is 188 g/mol. The fraction of sp³-hybridized carbons (Fsp3) is 0.750. The molecule has 3 aliphatic heterocycles. The number of carbonyl (C=O) groups excluding carboxylic acids is 1. The lowest BCUT2D eigenvalue weighted by molar-refractivity contribution is -0.135. The van der Waals surface area contributed by atoms with Crippen molar-refractivity contribution in [1.29, 1.82) is 0 Å². The van der Waals surface area contributed by atoms with E-state index in [1.165, 1.54) is 12.8 Å². The Balaban J connectivity index is 1.67. The van der Waals surface area contributed by atoms with Crippen molar-refractivity contribution in [3.05, 3.63) is 12.2 Å². The molecule has 0 aliphatic carbocycles. The zero-order valence-electron chi connectivity index (χ0n) is 8.98. The molecule has 1 N–H and O–H groups in total. The van der Waals surface area contributed by atoms with E-state index in [0.717, 1.165) is 25.9 Å². The highest BCUT2D eigenvalue weighted by Gasteiger charge is 2.43. The van der Waals surface area contributed by atoms with Gasteiger partial charge < -0.3 is 10.2 Å². The molecule has 0 aromatic carbocycles. The van der Waals surface area contributed by atoms with Crippen molar-refractivity contribution in [3.8, 4) is 0 Å². The van der Waals surface area contributed by atoms with Crippen LogP contribution in [-0.4, -0.2) is 36.0 Å². The van der Waals surface area contributed by atoms with E-state index in [1.54, 1.807) is 0 Å². The molecule has 3 unspecified atom stereocenters. The van der Waals surface area contributed by atoms with E-state index in [1.807, 2.05) is 4.90 Å². The van der Waals surface area contributed by atoms with E-state index in [2.05, 4.69) is 17.5 Å². The van der Waals surface area contributed by atoms with E-state index in [-0.39, 0.29) is 5.92 Å². The Kier molecular flexibility index (Phi) is 2.28. The van der Waals surface area contributed by atoms with Crippen molar-refractivity contribution in [2.45, 2.75) is 37.8 Å². The van der Waals surface area contributed by atoms with Crippen LogP contribution in [0.15, 0.2) is 12.2 Å². The normalized spacial score (nSPS) is 38.7. The van der Waals surface area contributed by atoms with Crippen LogP contribution in [0.1, 0.15) is 25.7 Å². The zero-order valence-corrected chi connectivity index (χ0v) is 8.98. The molecule has 15 heavy (non-hydrogen) atoms. The number of rotatable bonds is 1. The van der Waals surface area contributed by atoms with Crippen molar-refractivity contribution in [2.75, 3.05) is 13.1 Å².